The highest BCUT2D eigenvalue weighted by Gasteiger charge is 2.27. The molecule has 0 atom stereocenters. The first kappa shape index (κ1) is 23.8. The highest BCUT2D eigenvalue weighted by molar-refractivity contribution is 6.03. The number of hydrogen-bond donors (Lipinski definition) is 4. The average Bonchev–Trinajstić information content (AvgIpc) is 3.34. The van der Waals surface area contributed by atoms with E-state index in [0.29, 0.717) is 21.7 Å². The monoisotopic (exact) mass is 488 g/mol. The van der Waals surface area contributed by atoms with E-state index in [-0.39, 0.29) is 41.7 Å². The predicted molar refractivity (Wildman–Crippen MR) is 116 cm³/mol. The van der Waals surface area contributed by atoms with Gasteiger partial charge >= 0.3 is 5.97 Å². The number of fused-ring (bicyclic) bond motifs is 2. The lowest BCUT2D eigenvalue weighted by atomic mass is 10.1. The molecule has 2 aliphatic rings. The van der Waals surface area contributed by atoms with Crippen LogP contribution in [0.5, 0.6) is 0 Å². The SMILES string of the molecule is O=C(COC(=O)CN(C(=O)CO)c1cc2c(cc1F)CC(=O)N2)Nc1cc2c(cc1F)CC(=O)N2. The maximum Gasteiger partial charge on any atom is 0.326 e. The number of esters is 1. The van der Waals surface area contributed by atoms with Crippen molar-refractivity contribution in [3.8, 4) is 0 Å². The molecule has 4 amide bonds. The highest BCUT2D eigenvalue weighted by Crippen LogP contribution is 2.31. The molecule has 182 valence electrons. The summed E-state index contributed by atoms with van der Waals surface area (Å²) in [5.41, 5.74) is 0.769. The molecular formula is C22H18F2N4O7. The van der Waals surface area contributed by atoms with Crippen LogP contribution in [0.3, 0.4) is 0 Å². The number of halogens is 2. The third kappa shape index (κ3) is 5.09. The minimum absolute atomic E-state index is 0.0122. The molecule has 13 heteroatoms. The summed E-state index contributed by atoms with van der Waals surface area (Å²) in [4.78, 5) is 60.1. The Morgan fingerprint density at radius 3 is 2.20 bits per heavy atom. The van der Waals surface area contributed by atoms with Gasteiger partial charge in [-0.1, -0.05) is 0 Å². The molecule has 0 saturated heterocycles. The molecule has 0 aliphatic carbocycles. The van der Waals surface area contributed by atoms with Crippen LogP contribution in [-0.2, 0) is 41.6 Å². The number of carbonyl (C=O) groups is 5. The summed E-state index contributed by atoms with van der Waals surface area (Å²) >= 11 is 0. The quantitative estimate of drug-likeness (QED) is 0.413. The van der Waals surface area contributed by atoms with Gasteiger partial charge in [0.2, 0.25) is 11.8 Å². The molecule has 0 aromatic heterocycles. The Labute approximate surface area is 196 Å². The molecule has 0 bridgehead atoms. The van der Waals surface area contributed by atoms with Crippen molar-refractivity contribution in [1.29, 1.82) is 0 Å². The molecule has 0 saturated carbocycles. The van der Waals surface area contributed by atoms with Gasteiger partial charge in [-0.2, -0.15) is 0 Å². The van der Waals surface area contributed by atoms with Crippen LogP contribution in [-0.4, -0.2) is 54.5 Å². The van der Waals surface area contributed by atoms with Crippen molar-refractivity contribution in [2.45, 2.75) is 12.8 Å². The van der Waals surface area contributed by atoms with E-state index in [1.165, 1.54) is 6.07 Å². The first-order valence-corrected chi connectivity index (χ1v) is 10.3. The molecular weight excluding hydrogens is 470 g/mol. The Morgan fingerprint density at radius 2 is 1.57 bits per heavy atom. The standard InChI is InChI=1S/C22H18F2N4O7/c23-12-1-10-3-18(30)25-14(10)5-16(12)27-20(32)9-35-22(34)7-28(21(33)8-29)17-6-15-11(2-13(17)24)4-19(31)26-15/h1-2,5-6,29H,3-4,7-9H2,(H,25,30)(H,26,31)(H,27,32). The Morgan fingerprint density at radius 1 is 0.971 bits per heavy atom. The Kier molecular flexibility index (Phi) is 6.42. The van der Waals surface area contributed by atoms with Crippen molar-refractivity contribution in [1.82, 2.24) is 0 Å². The maximum absolute atomic E-state index is 14.6. The second-order valence-electron chi connectivity index (χ2n) is 7.75. The summed E-state index contributed by atoms with van der Waals surface area (Å²) in [6.07, 6.45) is -0.0346. The molecule has 2 aromatic rings. The summed E-state index contributed by atoms with van der Waals surface area (Å²) in [7, 11) is 0. The lowest BCUT2D eigenvalue weighted by molar-refractivity contribution is -0.146. The summed E-state index contributed by atoms with van der Waals surface area (Å²) in [6.45, 7) is -2.76. The number of rotatable bonds is 7. The highest BCUT2D eigenvalue weighted by atomic mass is 19.1. The number of aliphatic hydroxyl groups is 1. The van der Waals surface area contributed by atoms with Crippen LogP contribution in [0.25, 0.3) is 0 Å². The fraction of sp³-hybridized carbons (Fsp3) is 0.227. The lowest BCUT2D eigenvalue weighted by Crippen LogP contribution is -2.39. The van der Waals surface area contributed by atoms with Gasteiger partial charge in [0.15, 0.2) is 6.61 Å². The lowest BCUT2D eigenvalue weighted by Gasteiger charge is -2.22. The van der Waals surface area contributed by atoms with Crippen LogP contribution in [0, 0.1) is 11.6 Å². The zero-order chi connectivity index (χ0) is 25.3. The van der Waals surface area contributed by atoms with Crippen LogP contribution in [0.2, 0.25) is 0 Å². The summed E-state index contributed by atoms with van der Waals surface area (Å²) in [6, 6.07) is 4.51. The number of anilines is 4. The first-order valence-electron chi connectivity index (χ1n) is 10.3. The van der Waals surface area contributed by atoms with Crippen molar-refractivity contribution in [3.63, 3.8) is 0 Å². The van der Waals surface area contributed by atoms with Gasteiger partial charge in [0.05, 0.1) is 24.2 Å². The number of ether oxygens (including phenoxy) is 1. The Bertz CT molecular complexity index is 1280. The van der Waals surface area contributed by atoms with Crippen LogP contribution in [0.4, 0.5) is 31.5 Å². The number of nitrogens with one attached hydrogen (secondary N) is 3. The predicted octanol–water partition coefficient (Wildman–Crippen LogP) is 0.461. The fourth-order valence-electron chi connectivity index (χ4n) is 3.68. The number of hydrogen-bond acceptors (Lipinski definition) is 7. The van der Waals surface area contributed by atoms with E-state index in [2.05, 4.69) is 16.0 Å². The van der Waals surface area contributed by atoms with Crippen LogP contribution in [0.15, 0.2) is 24.3 Å². The van der Waals surface area contributed by atoms with E-state index in [1.807, 2.05) is 0 Å². The molecule has 0 spiro atoms. The van der Waals surface area contributed by atoms with E-state index in [9.17, 15) is 37.9 Å². The molecule has 2 aromatic carbocycles. The van der Waals surface area contributed by atoms with Gasteiger partial charge < -0.3 is 25.8 Å². The molecule has 35 heavy (non-hydrogen) atoms. The van der Waals surface area contributed by atoms with Crippen molar-refractivity contribution in [3.05, 3.63) is 47.0 Å². The minimum Gasteiger partial charge on any atom is -0.454 e. The van der Waals surface area contributed by atoms with Gasteiger partial charge in [0.1, 0.15) is 24.8 Å². The minimum atomic E-state index is -1.12. The smallest absolute Gasteiger partial charge is 0.326 e. The van der Waals surface area contributed by atoms with Crippen molar-refractivity contribution in [2.75, 3.05) is 40.6 Å². The van der Waals surface area contributed by atoms with Crippen molar-refractivity contribution in [2.24, 2.45) is 0 Å². The van der Waals surface area contributed by atoms with Gasteiger partial charge in [-0.3, -0.25) is 28.9 Å². The number of amides is 4. The number of carbonyl (C=O) groups excluding carboxylic acids is 5. The second-order valence-corrected chi connectivity index (χ2v) is 7.75. The molecule has 4 rings (SSSR count). The molecule has 2 heterocycles. The second kappa shape index (κ2) is 9.46. The zero-order valence-electron chi connectivity index (χ0n) is 17.9. The van der Waals surface area contributed by atoms with E-state index in [4.69, 9.17) is 4.74 Å². The third-order valence-electron chi connectivity index (χ3n) is 5.27. The first-order chi connectivity index (χ1) is 16.6. The van der Waals surface area contributed by atoms with Crippen molar-refractivity contribution < 1.29 is 42.6 Å². The van der Waals surface area contributed by atoms with E-state index >= 15 is 0 Å². The molecule has 4 N–H and O–H groups in total. The van der Waals surface area contributed by atoms with E-state index < -0.39 is 49.2 Å². The summed E-state index contributed by atoms with van der Waals surface area (Å²) in [5.74, 6) is -5.45. The zero-order valence-corrected chi connectivity index (χ0v) is 17.9. The maximum atomic E-state index is 14.6. The van der Waals surface area contributed by atoms with Crippen molar-refractivity contribution >= 4 is 52.3 Å². The average molecular weight is 488 g/mol. The third-order valence-corrected chi connectivity index (χ3v) is 5.27. The Balaban J connectivity index is 1.40. The van der Waals surface area contributed by atoms with Crippen LogP contribution in [0.1, 0.15) is 11.1 Å². The van der Waals surface area contributed by atoms with E-state index in [1.54, 1.807) is 0 Å². The Hall–Kier alpha value is -4.39. The number of aliphatic hydroxyl groups excluding tert-OH is 1. The molecule has 0 radical (unpaired) electrons. The molecule has 2 aliphatic heterocycles. The van der Waals surface area contributed by atoms with Crippen LogP contribution < -0.4 is 20.9 Å². The molecule has 11 nitrogen and oxygen atoms in total. The van der Waals surface area contributed by atoms with Gasteiger partial charge in [0.25, 0.3) is 11.8 Å². The largest absolute Gasteiger partial charge is 0.454 e. The van der Waals surface area contributed by atoms with Gasteiger partial charge in [-0.25, -0.2) is 8.78 Å². The molecule has 0 unspecified atom stereocenters. The fourth-order valence-corrected chi connectivity index (χ4v) is 3.68. The number of benzene rings is 2. The van der Waals surface area contributed by atoms with E-state index in [0.717, 1.165) is 18.2 Å². The topological polar surface area (TPSA) is 154 Å². The normalized spacial score (nSPS) is 13.5. The number of nitrogens with zero attached hydrogens (tertiary/aromatic N) is 1. The van der Waals surface area contributed by atoms with Crippen LogP contribution >= 0.6 is 0 Å². The van der Waals surface area contributed by atoms with Gasteiger partial charge in [-0.15, -0.1) is 0 Å². The van der Waals surface area contributed by atoms with Gasteiger partial charge in [0, 0.05) is 11.4 Å². The summed E-state index contributed by atoms with van der Waals surface area (Å²) in [5, 5.41) is 16.4. The molecule has 0 fully saturated rings. The summed E-state index contributed by atoms with van der Waals surface area (Å²) < 4.78 is 33.6. The van der Waals surface area contributed by atoms with Gasteiger partial charge in [-0.05, 0) is 35.4 Å².